The lowest BCUT2D eigenvalue weighted by atomic mass is 9.95. The fraction of sp³-hybridized carbons (Fsp3) is 0.200. The number of nitrogens with one attached hydrogen (secondary N) is 1. The van der Waals surface area contributed by atoms with Gasteiger partial charge in [-0.2, -0.15) is 9.78 Å². The molecule has 3 aromatic carbocycles. The molecule has 0 saturated carbocycles. The highest BCUT2D eigenvalue weighted by Gasteiger charge is 2.23. The van der Waals surface area contributed by atoms with Crippen LogP contribution in [0.3, 0.4) is 0 Å². The fourth-order valence-corrected chi connectivity index (χ4v) is 4.91. The van der Waals surface area contributed by atoms with E-state index in [1.165, 1.54) is 4.68 Å². The summed E-state index contributed by atoms with van der Waals surface area (Å²) in [7, 11) is 0. The van der Waals surface area contributed by atoms with E-state index < -0.39 is 5.41 Å². The zero-order chi connectivity index (χ0) is 27.0. The SMILES string of the molecule is Cc1c(C=Nn2c(C(C)(C)C)nc3ccc(Br)cc3c2=O)c2ccccc2n1CC(=O)Nc1ccccc1. The summed E-state index contributed by atoms with van der Waals surface area (Å²) in [6.45, 7) is 8.13. The molecule has 0 aliphatic rings. The number of amides is 1. The van der Waals surface area contributed by atoms with Crippen LogP contribution in [0.1, 0.15) is 37.9 Å². The maximum atomic E-state index is 13.6. The average molecular weight is 570 g/mol. The smallest absolute Gasteiger partial charge is 0.282 e. The number of nitrogens with zero attached hydrogens (tertiary/aromatic N) is 4. The molecule has 2 heterocycles. The van der Waals surface area contributed by atoms with E-state index >= 15 is 0 Å². The van der Waals surface area contributed by atoms with Gasteiger partial charge in [0.2, 0.25) is 5.91 Å². The number of para-hydroxylation sites is 2. The Kier molecular flexibility index (Phi) is 6.75. The summed E-state index contributed by atoms with van der Waals surface area (Å²) in [6, 6.07) is 22.8. The quantitative estimate of drug-likeness (QED) is 0.254. The van der Waals surface area contributed by atoms with Gasteiger partial charge in [0.25, 0.3) is 5.56 Å². The van der Waals surface area contributed by atoms with Gasteiger partial charge in [0.05, 0.1) is 17.1 Å². The van der Waals surface area contributed by atoms with Crippen molar-refractivity contribution in [2.24, 2.45) is 5.10 Å². The zero-order valence-corrected chi connectivity index (χ0v) is 23.3. The van der Waals surface area contributed by atoms with Crippen LogP contribution >= 0.6 is 15.9 Å². The maximum Gasteiger partial charge on any atom is 0.282 e. The van der Waals surface area contributed by atoms with Crippen molar-refractivity contribution in [3.8, 4) is 0 Å². The van der Waals surface area contributed by atoms with E-state index in [1.807, 2.05) is 99.0 Å². The second kappa shape index (κ2) is 10.0. The average Bonchev–Trinajstić information content (AvgIpc) is 3.14. The first kappa shape index (κ1) is 25.6. The summed E-state index contributed by atoms with van der Waals surface area (Å²) in [4.78, 5) is 31.3. The summed E-state index contributed by atoms with van der Waals surface area (Å²) < 4.78 is 4.16. The molecule has 0 saturated heterocycles. The van der Waals surface area contributed by atoms with Gasteiger partial charge in [-0.3, -0.25) is 9.59 Å². The highest BCUT2D eigenvalue weighted by molar-refractivity contribution is 9.10. The number of anilines is 1. The summed E-state index contributed by atoms with van der Waals surface area (Å²) in [5.74, 6) is 0.441. The van der Waals surface area contributed by atoms with Gasteiger partial charge in [0.1, 0.15) is 12.4 Å². The molecule has 192 valence electrons. The molecule has 1 N–H and O–H groups in total. The molecule has 0 spiro atoms. The van der Waals surface area contributed by atoms with E-state index in [0.717, 1.165) is 32.3 Å². The molecule has 0 bridgehead atoms. The molecule has 0 fully saturated rings. The van der Waals surface area contributed by atoms with Gasteiger partial charge in [-0.05, 0) is 43.3 Å². The van der Waals surface area contributed by atoms with Crippen molar-refractivity contribution in [3.05, 3.63) is 105 Å². The van der Waals surface area contributed by atoms with E-state index in [0.29, 0.717) is 16.7 Å². The van der Waals surface area contributed by atoms with Gasteiger partial charge < -0.3 is 9.88 Å². The van der Waals surface area contributed by atoms with Crippen molar-refractivity contribution < 1.29 is 4.79 Å². The lowest BCUT2D eigenvalue weighted by Gasteiger charge is -2.20. The standard InChI is InChI=1S/C30H28BrN5O2/c1-19-24(17-32-36-28(38)23-16-20(31)14-15-25(23)34-29(36)30(2,3)4)22-12-8-9-13-26(22)35(19)18-27(37)33-21-10-6-5-7-11-21/h5-17H,18H2,1-4H3,(H,33,37). The van der Waals surface area contributed by atoms with E-state index in [-0.39, 0.29) is 18.0 Å². The Morgan fingerprint density at radius 1 is 1.03 bits per heavy atom. The number of halogens is 1. The Bertz CT molecular complexity index is 1760. The molecule has 7 nitrogen and oxygen atoms in total. The largest absolute Gasteiger partial charge is 0.335 e. The van der Waals surface area contributed by atoms with Crippen molar-refractivity contribution in [2.75, 3.05) is 5.32 Å². The Labute approximate surface area is 229 Å². The highest BCUT2D eigenvalue weighted by Crippen LogP contribution is 2.26. The second-order valence-electron chi connectivity index (χ2n) is 10.2. The van der Waals surface area contributed by atoms with Gasteiger partial charge in [0, 0.05) is 37.7 Å². The molecule has 5 rings (SSSR count). The topological polar surface area (TPSA) is 81.3 Å². The van der Waals surface area contributed by atoms with Crippen LogP contribution < -0.4 is 10.9 Å². The highest BCUT2D eigenvalue weighted by atomic mass is 79.9. The van der Waals surface area contributed by atoms with Crippen LogP contribution in [0.4, 0.5) is 5.69 Å². The summed E-state index contributed by atoms with van der Waals surface area (Å²) in [6.07, 6.45) is 1.70. The normalized spacial score (nSPS) is 12.0. The van der Waals surface area contributed by atoms with Crippen LogP contribution in [-0.4, -0.2) is 26.3 Å². The van der Waals surface area contributed by atoms with Crippen molar-refractivity contribution in [1.29, 1.82) is 0 Å². The predicted octanol–water partition coefficient (Wildman–Crippen LogP) is 6.24. The first-order valence-electron chi connectivity index (χ1n) is 12.3. The maximum absolute atomic E-state index is 13.6. The molecule has 0 atom stereocenters. The monoisotopic (exact) mass is 569 g/mol. The molecule has 0 radical (unpaired) electrons. The van der Waals surface area contributed by atoms with Gasteiger partial charge in [-0.1, -0.05) is 73.1 Å². The molecule has 8 heteroatoms. The van der Waals surface area contributed by atoms with Gasteiger partial charge in [-0.15, -0.1) is 0 Å². The molecule has 0 aliphatic heterocycles. The predicted molar refractivity (Wildman–Crippen MR) is 157 cm³/mol. The third-order valence-electron chi connectivity index (χ3n) is 6.42. The zero-order valence-electron chi connectivity index (χ0n) is 21.7. The first-order valence-corrected chi connectivity index (χ1v) is 13.1. The van der Waals surface area contributed by atoms with Crippen molar-refractivity contribution in [3.63, 3.8) is 0 Å². The molecule has 0 aliphatic carbocycles. The van der Waals surface area contributed by atoms with Crippen molar-refractivity contribution in [1.82, 2.24) is 14.2 Å². The van der Waals surface area contributed by atoms with Crippen LogP contribution in [0.15, 0.2) is 87.2 Å². The third kappa shape index (κ3) is 4.91. The minimum Gasteiger partial charge on any atom is -0.335 e. The van der Waals surface area contributed by atoms with Crippen molar-refractivity contribution >= 4 is 55.5 Å². The number of hydrogen-bond acceptors (Lipinski definition) is 4. The number of fused-ring (bicyclic) bond motifs is 2. The van der Waals surface area contributed by atoms with Crippen LogP contribution in [0.2, 0.25) is 0 Å². The minimum absolute atomic E-state index is 0.126. The summed E-state index contributed by atoms with van der Waals surface area (Å²) in [5, 5.41) is 9.07. The van der Waals surface area contributed by atoms with Crippen LogP contribution in [-0.2, 0) is 16.8 Å². The van der Waals surface area contributed by atoms with E-state index in [2.05, 4.69) is 26.3 Å². The fourth-order valence-electron chi connectivity index (χ4n) is 4.55. The minimum atomic E-state index is -0.420. The van der Waals surface area contributed by atoms with E-state index in [1.54, 1.807) is 12.3 Å². The molecule has 1 amide bonds. The lowest BCUT2D eigenvalue weighted by Crippen LogP contribution is -2.29. The number of carbonyl (C=O) groups excluding carboxylic acids is 1. The Hall–Kier alpha value is -4.04. The van der Waals surface area contributed by atoms with Gasteiger partial charge in [0.15, 0.2) is 0 Å². The van der Waals surface area contributed by atoms with Crippen LogP contribution in [0, 0.1) is 6.92 Å². The molecular weight excluding hydrogens is 542 g/mol. The van der Waals surface area contributed by atoms with Gasteiger partial charge >= 0.3 is 0 Å². The Balaban J connectivity index is 1.60. The number of rotatable bonds is 5. The molecule has 2 aromatic heterocycles. The number of benzene rings is 3. The lowest BCUT2D eigenvalue weighted by molar-refractivity contribution is -0.116. The summed E-state index contributed by atoms with van der Waals surface area (Å²) in [5.41, 5.74) is 3.36. The molecular formula is C30H28BrN5O2. The first-order chi connectivity index (χ1) is 18.1. The van der Waals surface area contributed by atoms with E-state index in [4.69, 9.17) is 4.98 Å². The second-order valence-corrected chi connectivity index (χ2v) is 11.1. The van der Waals surface area contributed by atoms with Crippen LogP contribution in [0.25, 0.3) is 21.8 Å². The Morgan fingerprint density at radius 3 is 2.47 bits per heavy atom. The summed E-state index contributed by atoms with van der Waals surface area (Å²) >= 11 is 3.45. The van der Waals surface area contributed by atoms with Gasteiger partial charge in [-0.25, -0.2) is 4.98 Å². The number of aromatic nitrogens is 3. The van der Waals surface area contributed by atoms with E-state index in [9.17, 15) is 9.59 Å². The van der Waals surface area contributed by atoms with Crippen LogP contribution in [0.5, 0.6) is 0 Å². The third-order valence-corrected chi connectivity index (χ3v) is 6.91. The molecule has 38 heavy (non-hydrogen) atoms. The Morgan fingerprint density at radius 2 is 1.74 bits per heavy atom. The molecule has 5 aromatic rings. The molecule has 0 unspecified atom stereocenters. The number of hydrogen-bond donors (Lipinski definition) is 1. The number of carbonyl (C=O) groups is 1. The van der Waals surface area contributed by atoms with Crippen molar-refractivity contribution in [2.45, 2.75) is 39.7 Å².